The number of rotatable bonds is 5. The van der Waals surface area contributed by atoms with Crippen LogP contribution in [-0.2, 0) is 16.6 Å². The number of nitrogens with two attached hydrogens (primary N) is 1. The van der Waals surface area contributed by atoms with E-state index in [1.165, 1.54) is 6.07 Å². The molecule has 0 aliphatic heterocycles. The van der Waals surface area contributed by atoms with E-state index in [1.54, 1.807) is 18.2 Å². The van der Waals surface area contributed by atoms with E-state index in [4.69, 9.17) is 10.5 Å². The molecule has 112 valence electrons. The van der Waals surface area contributed by atoms with Crippen LogP contribution in [0.25, 0.3) is 0 Å². The molecular formula is C15H15F2NO2S. The lowest BCUT2D eigenvalue weighted by Crippen LogP contribution is -2.03. The lowest BCUT2D eigenvalue weighted by atomic mass is 10.2. The molecule has 2 aromatic carbocycles. The second-order valence-corrected chi connectivity index (χ2v) is 5.79. The smallest absolute Gasteiger partial charge is 0.159 e. The minimum absolute atomic E-state index is 0.0526. The summed E-state index contributed by atoms with van der Waals surface area (Å²) in [4.78, 5) is 0.422. The summed E-state index contributed by atoms with van der Waals surface area (Å²) in [5, 5.41) is 0. The van der Waals surface area contributed by atoms with Gasteiger partial charge < -0.3 is 10.5 Å². The molecule has 2 N–H and O–H groups in total. The van der Waals surface area contributed by atoms with Crippen LogP contribution in [0, 0.1) is 11.6 Å². The van der Waals surface area contributed by atoms with Gasteiger partial charge in [0.2, 0.25) is 0 Å². The maximum Gasteiger partial charge on any atom is 0.159 e. The number of halogens is 2. The lowest BCUT2D eigenvalue weighted by Gasteiger charge is -2.09. The van der Waals surface area contributed by atoms with Gasteiger partial charge in [0.1, 0.15) is 5.75 Å². The summed E-state index contributed by atoms with van der Waals surface area (Å²) in [6, 6.07) is 8.37. The number of ether oxygens (including phenoxy) is 1. The van der Waals surface area contributed by atoms with Crippen molar-refractivity contribution in [3.63, 3.8) is 0 Å². The normalized spacial score (nSPS) is 12.1. The van der Waals surface area contributed by atoms with Crippen LogP contribution in [0.1, 0.15) is 12.5 Å². The minimum Gasteiger partial charge on any atom is -0.494 e. The van der Waals surface area contributed by atoms with E-state index in [0.29, 0.717) is 28.5 Å². The monoisotopic (exact) mass is 311 g/mol. The minimum atomic E-state index is -1.47. The lowest BCUT2D eigenvalue weighted by molar-refractivity contribution is 0.339. The van der Waals surface area contributed by atoms with E-state index in [0.717, 1.165) is 12.1 Å². The van der Waals surface area contributed by atoms with E-state index in [2.05, 4.69) is 0 Å². The Hall–Kier alpha value is -1.95. The summed E-state index contributed by atoms with van der Waals surface area (Å²) in [5.41, 5.74) is 6.62. The Morgan fingerprint density at radius 2 is 1.90 bits per heavy atom. The number of hydrogen-bond donors (Lipinski definition) is 1. The van der Waals surface area contributed by atoms with E-state index in [1.807, 2.05) is 6.92 Å². The second kappa shape index (κ2) is 6.67. The molecule has 2 rings (SSSR count). The average Bonchev–Trinajstić information content (AvgIpc) is 2.45. The molecule has 0 aliphatic carbocycles. The topological polar surface area (TPSA) is 52.3 Å². The molecule has 0 saturated carbocycles. The van der Waals surface area contributed by atoms with E-state index in [9.17, 15) is 13.0 Å². The third-order valence-electron chi connectivity index (χ3n) is 2.82. The largest absolute Gasteiger partial charge is 0.494 e. The first kappa shape index (κ1) is 15.4. The first-order valence-corrected chi connectivity index (χ1v) is 7.67. The highest BCUT2D eigenvalue weighted by Gasteiger charge is 2.12. The Bertz CT molecular complexity index is 677. The highest BCUT2D eigenvalue weighted by atomic mass is 32.2. The molecule has 0 amide bonds. The molecule has 0 fully saturated rings. The van der Waals surface area contributed by atoms with Crippen molar-refractivity contribution in [2.45, 2.75) is 17.6 Å². The van der Waals surface area contributed by atoms with Gasteiger partial charge in [-0.05, 0) is 42.8 Å². The van der Waals surface area contributed by atoms with Crippen molar-refractivity contribution in [2.75, 3.05) is 12.3 Å². The van der Waals surface area contributed by atoms with Crippen LogP contribution in [0.2, 0.25) is 0 Å². The molecule has 0 aromatic heterocycles. The Morgan fingerprint density at radius 1 is 1.14 bits per heavy atom. The standard InChI is InChI=1S/C15H15F2NO2S/c1-2-20-11-4-6-14(18)15(8-11)21(19)9-10-3-5-12(16)13(17)7-10/h3-8H,2,9,18H2,1H3. The third kappa shape index (κ3) is 3.78. The Labute approximate surface area is 124 Å². The van der Waals surface area contributed by atoms with E-state index in [-0.39, 0.29) is 5.75 Å². The van der Waals surface area contributed by atoms with Crippen LogP contribution in [0.3, 0.4) is 0 Å². The molecule has 2 aromatic rings. The summed E-state index contributed by atoms with van der Waals surface area (Å²) < 4.78 is 43.7. The fraction of sp³-hybridized carbons (Fsp3) is 0.200. The number of anilines is 1. The Morgan fingerprint density at radius 3 is 2.57 bits per heavy atom. The van der Waals surface area contributed by atoms with Crippen LogP contribution in [0.5, 0.6) is 5.75 Å². The summed E-state index contributed by atoms with van der Waals surface area (Å²) in [6.07, 6.45) is 0. The number of nitrogen functional groups attached to an aromatic ring is 1. The van der Waals surface area contributed by atoms with Crippen molar-refractivity contribution >= 4 is 16.5 Å². The van der Waals surface area contributed by atoms with Crippen LogP contribution in [-0.4, -0.2) is 10.8 Å². The SMILES string of the molecule is CCOc1ccc(N)c(S(=O)Cc2ccc(F)c(F)c2)c1. The van der Waals surface area contributed by atoms with Crippen molar-refractivity contribution in [1.82, 2.24) is 0 Å². The van der Waals surface area contributed by atoms with Gasteiger partial charge in [0.05, 0.1) is 28.1 Å². The Balaban J connectivity index is 2.23. The van der Waals surface area contributed by atoms with Crippen LogP contribution in [0.15, 0.2) is 41.3 Å². The van der Waals surface area contributed by atoms with Gasteiger partial charge in [-0.3, -0.25) is 4.21 Å². The van der Waals surface area contributed by atoms with Gasteiger partial charge >= 0.3 is 0 Å². The van der Waals surface area contributed by atoms with Crippen LogP contribution in [0.4, 0.5) is 14.5 Å². The van der Waals surface area contributed by atoms with Crippen molar-refractivity contribution in [1.29, 1.82) is 0 Å². The van der Waals surface area contributed by atoms with E-state index < -0.39 is 22.4 Å². The van der Waals surface area contributed by atoms with Gasteiger partial charge in [0, 0.05) is 5.69 Å². The van der Waals surface area contributed by atoms with Crippen molar-refractivity contribution in [3.05, 3.63) is 53.6 Å². The zero-order valence-electron chi connectivity index (χ0n) is 11.4. The predicted octanol–water partition coefficient (Wildman–Crippen LogP) is 3.25. The molecule has 3 nitrogen and oxygen atoms in total. The zero-order chi connectivity index (χ0) is 15.4. The quantitative estimate of drug-likeness (QED) is 0.862. The Kier molecular flexibility index (Phi) is 4.90. The van der Waals surface area contributed by atoms with Crippen molar-refractivity contribution < 1.29 is 17.7 Å². The fourth-order valence-corrected chi connectivity index (χ4v) is 3.04. The molecule has 21 heavy (non-hydrogen) atoms. The van der Waals surface area contributed by atoms with Crippen LogP contribution >= 0.6 is 0 Å². The number of benzene rings is 2. The van der Waals surface area contributed by atoms with Gasteiger partial charge in [0.15, 0.2) is 11.6 Å². The number of hydrogen-bond acceptors (Lipinski definition) is 3. The van der Waals surface area contributed by atoms with Gasteiger partial charge in [0.25, 0.3) is 0 Å². The van der Waals surface area contributed by atoms with Crippen LogP contribution < -0.4 is 10.5 Å². The average molecular weight is 311 g/mol. The molecule has 1 atom stereocenters. The fourth-order valence-electron chi connectivity index (χ4n) is 1.83. The zero-order valence-corrected chi connectivity index (χ0v) is 12.3. The molecule has 0 aliphatic rings. The molecule has 0 saturated heterocycles. The molecule has 0 spiro atoms. The highest BCUT2D eigenvalue weighted by Crippen LogP contribution is 2.25. The first-order chi connectivity index (χ1) is 10.0. The molecule has 0 bridgehead atoms. The highest BCUT2D eigenvalue weighted by molar-refractivity contribution is 7.84. The second-order valence-electron chi connectivity index (χ2n) is 4.37. The molecular weight excluding hydrogens is 296 g/mol. The first-order valence-electron chi connectivity index (χ1n) is 6.36. The van der Waals surface area contributed by atoms with Crippen molar-refractivity contribution in [2.24, 2.45) is 0 Å². The van der Waals surface area contributed by atoms with Gasteiger partial charge in [-0.2, -0.15) is 0 Å². The van der Waals surface area contributed by atoms with Gasteiger partial charge in [-0.15, -0.1) is 0 Å². The molecule has 0 radical (unpaired) electrons. The predicted molar refractivity (Wildman–Crippen MR) is 78.5 cm³/mol. The summed E-state index contributed by atoms with van der Waals surface area (Å²) in [7, 11) is -1.47. The molecule has 0 heterocycles. The van der Waals surface area contributed by atoms with E-state index >= 15 is 0 Å². The van der Waals surface area contributed by atoms with Gasteiger partial charge in [-0.25, -0.2) is 8.78 Å². The summed E-state index contributed by atoms with van der Waals surface area (Å²) in [6.45, 7) is 2.33. The summed E-state index contributed by atoms with van der Waals surface area (Å²) in [5.74, 6) is -1.26. The van der Waals surface area contributed by atoms with Gasteiger partial charge in [-0.1, -0.05) is 6.07 Å². The maximum atomic E-state index is 13.2. The van der Waals surface area contributed by atoms with Crippen molar-refractivity contribution in [3.8, 4) is 5.75 Å². The maximum absolute atomic E-state index is 13.2. The third-order valence-corrected chi connectivity index (χ3v) is 4.26. The summed E-state index contributed by atoms with van der Waals surface area (Å²) >= 11 is 0. The molecule has 6 heteroatoms. The molecule has 1 unspecified atom stereocenters.